The molecule has 0 aliphatic carbocycles. The number of hydrogen-bond donors (Lipinski definition) is 1. The van der Waals surface area contributed by atoms with Gasteiger partial charge in [0, 0.05) is 16.7 Å². The molecule has 0 fully saturated rings. The quantitative estimate of drug-likeness (QED) is 0.429. The highest BCUT2D eigenvalue weighted by molar-refractivity contribution is 6.30. The van der Waals surface area contributed by atoms with E-state index in [4.69, 9.17) is 31.5 Å². The molecule has 2 N–H and O–H groups in total. The zero-order chi connectivity index (χ0) is 22.7. The fourth-order valence-corrected chi connectivity index (χ4v) is 3.81. The number of rotatable bonds is 5. The topological polar surface area (TPSA) is 94.6 Å². The monoisotopic (exact) mass is 446 g/mol. The Balaban J connectivity index is 1.68. The van der Waals surface area contributed by atoms with Gasteiger partial charge in [0.05, 0.1) is 12.5 Å². The second kappa shape index (κ2) is 9.04. The Morgan fingerprint density at radius 1 is 1.16 bits per heavy atom. The molecule has 4 rings (SSSR count). The molecule has 0 saturated carbocycles. The highest BCUT2D eigenvalue weighted by Gasteiger charge is 2.31. The van der Waals surface area contributed by atoms with Crippen LogP contribution in [0, 0.1) is 11.3 Å². The van der Waals surface area contributed by atoms with Crippen molar-refractivity contribution in [1.29, 1.82) is 5.26 Å². The van der Waals surface area contributed by atoms with Crippen LogP contribution in [-0.2, 0) is 0 Å². The molecule has 3 aromatic rings. The second-order valence-corrected chi connectivity index (χ2v) is 7.43. The summed E-state index contributed by atoms with van der Waals surface area (Å²) in [5, 5.41) is 10.2. The van der Waals surface area contributed by atoms with Gasteiger partial charge in [0.2, 0.25) is 5.88 Å². The molecule has 1 unspecified atom stereocenters. The van der Waals surface area contributed by atoms with E-state index in [1.165, 1.54) is 0 Å². The smallest absolute Gasteiger partial charge is 0.347 e. The van der Waals surface area contributed by atoms with E-state index in [9.17, 15) is 10.1 Å². The maximum Gasteiger partial charge on any atom is 0.347 e. The number of allylic oxidation sites excluding steroid dienone is 1. The summed E-state index contributed by atoms with van der Waals surface area (Å²) >= 11 is 6.17. The van der Waals surface area contributed by atoms with Crippen molar-refractivity contribution in [3.8, 4) is 23.3 Å². The SMILES string of the molecule is CCOc1ccccc1C(=O)Oc1ccc2c(c1)OC(N)=C(C#N)C2c1cccc(Cl)c1. The minimum Gasteiger partial charge on any atom is -0.493 e. The van der Waals surface area contributed by atoms with Gasteiger partial charge >= 0.3 is 5.97 Å². The first-order chi connectivity index (χ1) is 15.5. The van der Waals surface area contributed by atoms with Crippen LogP contribution >= 0.6 is 11.6 Å². The number of hydrogen-bond acceptors (Lipinski definition) is 6. The van der Waals surface area contributed by atoms with Crippen LogP contribution in [0.15, 0.2) is 78.2 Å². The van der Waals surface area contributed by atoms with Crippen molar-refractivity contribution < 1.29 is 19.0 Å². The van der Waals surface area contributed by atoms with Gasteiger partial charge in [-0.3, -0.25) is 0 Å². The third-order valence-electron chi connectivity index (χ3n) is 4.99. The molecule has 0 radical (unpaired) electrons. The van der Waals surface area contributed by atoms with Gasteiger partial charge in [0.15, 0.2) is 0 Å². The molecule has 6 nitrogen and oxygen atoms in total. The van der Waals surface area contributed by atoms with Gasteiger partial charge in [-0.2, -0.15) is 5.26 Å². The molecule has 160 valence electrons. The lowest BCUT2D eigenvalue weighted by atomic mass is 9.83. The zero-order valence-corrected chi connectivity index (χ0v) is 17.9. The van der Waals surface area contributed by atoms with Gasteiger partial charge in [-0.15, -0.1) is 0 Å². The Morgan fingerprint density at radius 3 is 2.72 bits per heavy atom. The number of fused-ring (bicyclic) bond motifs is 1. The van der Waals surface area contributed by atoms with Crippen LogP contribution in [0.2, 0.25) is 5.02 Å². The van der Waals surface area contributed by atoms with E-state index < -0.39 is 11.9 Å². The third kappa shape index (κ3) is 4.11. The summed E-state index contributed by atoms with van der Waals surface area (Å²) in [5.41, 5.74) is 8.16. The number of para-hydroxylation sites is 1. The molecule has 0 saturated heterocycles. The number of halogens is 1. The van der Waals surface area contributed by atoms with Gasteiger partial charge in [-0.05, 0) is 42.8 Å². The number of nitrogens with zero attached hydrogens (tertiary/aromatic N) is 1. The molecule has 0 spiro atoms. The highest BCUT2D eigenvalue weighted by atomic mass is 35.5. The first-order valence-corrected chi connectivity index (χ1v) is 10.3. The van der Waals surface area contributed by atoms with Crippen LogP contribution in [-0.4, -0.2) is 12.6 Å². The Hall–Kier alpha value is -3.95. The van der Waals surface area contributed by atoms with E-state index >= 15 is 0 Å². The summed E-state index contributed by atoms with van der Waals surface area (Å²) in [4.78, 5) is 12.7. The van der Waals surface area contributed by atoms with Gasteiger partial charge in [-0.25, -0.2) is 4.79 Å². The van der Waals surface area contributed by atoms with Crippen LogP contribution in [0.1, 0.15) is 34.3 Å². The van der Waals surface area contributed by atoms with Gasteiger partial charge in [-0.1, -0.05) is 41.9 Å². The maximum atomic E-state index is 12.7. The van der Waals surface area contributed by atoms with Crippen molar-refractivity contribution in [3.05, 3.63) is 99.9 Å². The molecule has 1 aliphatic heterocycles. The van der Waals surface area contributed by atoms with Crippen LogP contribution in [0.5, 0.6) is 17.2 Å². The minimum atomic E-state index is -0.558. The maximum absolute atomic E-state index is 12.7. The number of ether oxygens (including phenoxy) is 3. The fourth-order valence-electron chi connectivity index (χ4n) is 3.61. The predicted octanol–water partition coefficient (Wildman–Crippen LogP) is 5.18. The Labute approximate surface area is 190 Å². The Bertz CT molecular complexity index is 1260. The number of nitrogens with two attached hydrogens (primary N) is 1. The summed E-state index contributed by atoms with van der Waals surface area (Å²) in [5.74, 6) is 0.104. The Kier molecular flexibility index (Phi) is 6.02. The van der Waals surface area contributed by atoms with E-state index in [-0.39, 0.29) is 17.2 Å². The van der Waals surface area contributed by atoms with Crippen LogP contribution < -0.4 is 19.9 Å². The summed E-state index contributed by atoms with van der Waals surface area (Å²) in [6.45, 7) is 2.27. The van der Waals surface area contributed by atoms with Crippen molar-refractivity contribution in [2.45, 2.75) is 12.8 Å². The molecule has 0 aromatic heterocycles. The number of nitriles is 1. The summed E-state index contributed by atoms with van der Waals surface area (Å²) < 4.78 is 16.8. The average Bonchev–Trinajstić information content (AvgIpc) is 2.78. The van der Waals surface area contributed by atoms with Crippen LogP contribution in [0.25, 0.3) is 0 Å². The first-order valence-electron chi connectivity index (χ1n) is 9.92. The average molecular weight is 447 g/mol. The van der Waals surface area contributed by atoms with Gasteiger partial charge in [0.25, 0.3) is 0 Å². The molecule has 1 heterocycles. The number of esters is 1. The van der Waals surface area contributed by atoms with E-state index in [1.807, 2.05) is 19.1 Å². The minimum absolute atomic E-state index is 0.00450. The molecule has 1 atom stereocenters. The molecule has 32 heavy (non-hydrogen) atoms. The van der Waals surface area contributed by atoms with Gasteiger partial charge < -0.3 is 19.9 Å². The van der Waals surface area contributed by atoms with Gasteiger partial charge in [0.1, 0.15) is 34.5 Å². The van der Waals surface area contributed by atoms with Crippen molar-refractivity contribution in [1.82, 2.24) is 0 Å². The van der Waals surface area contributed by atoms with Crippen LogP contribution in [0.3, 0.4) is 0 Å². The number of benzene rings is 3. The molecule has 1 aliphatic rings. The van der Waals surface area contributed by atoms with E-state index in [1.54, 1.807) is 54.6 Å². The molecule has 0 bridgehead atoms. The van der Waals surface area contributed by atoms with Crippen LogP contribution in [0.4, 0.5) is 0 Å². The molecule has 0 amide bonds. The van der Waals surface area contributed by atoms with Crippen molar-refractivity contribution in [3.63, 3.8) is 0 Å². The molecule has 7 heteroatoms. The summed E-state index contributed by atoms with van der Waals surface area (Å²) in [7, 11) is 0. The lowest BCUT2D eigenvalue weighted by molar-refractivity contribution is 0.0730. The highest BCUT2D eigenvalue weighted by Crippen LogP contribution is 2.43. The fraction of sp³-hybridized carbons (Fsp3) is 0.120. The summed E-state index contributed by atoms with van der Waals surface area (Å²) in [6, 6.07) is 21.2. The van der Waals surface area contributed by atoms with Crippen molar-refractivity contribution in [2.75, 3.05) is 6.61 Å². The van der Waals surface area contributed by atoms with E-state index in [0.717, 1.165) is 5.56 Å². The standard InChI is InChI=1S/C25H19ClN2O4/c1-2-30-21-9-4-3-8-19(21)25(29)31-17-10-11-18-22(13-17)32-24(28)20(14-27)23(18)15-6-5-7-16(26)12-15/h3-13,23H,2,28H2,1H3. The lowest BCUT2D eigenvalue weighted by Crippen LogP contribution is -2.21. The summed E-state index contributed by atoms with van der Waals surface area (Å²) in [6.07, 6.45) is 0. The molecular weight excluding hydrogens is 428 g/mol. The molecular formula is C25H19ClN2O4. The third-order valence-corrected chi connectivity index (χ3v) is 5.22. The van der Waals surface area contributed by atoms with Crippen molar-refractivity contribution >= 4 is 17.6 Å². The van der Waals surface area contributed by atoms with E-state index in [2.05, 4.69) is 6.07 Å². The number of carbonyl (C=O) groups is 1. The van der Waals surface area contributed by atoms with E-state index in [0.29, 0.717) is 34.3 Å². The second-order valence-electron chi connectivity index (χ2n) is 7.00. The Morgan fingerprint density at radius 2 is 1.97 bits per heavy atom. The lowest BCUT2D eigenvalue weighted by Gasteiger charge is -2.26. The zero-order valence-electron chi connectivity index (χ0n) is 17.2. The van der Waals surface area contributed by atoms with Crippen molar-refractivity contribution in [2.24, 2.45) is 5.73 Å². The molecule has 3 aromatic carbocycles. The number of carbonyl (C=O) groups excluding carboxylic acids is 1. The first kappa shape index (κ1) is 21.3. The largest absolute Gasteiger partial charge is 0.493 e. The normalized spacial score (nSPS) is 14.7. The predicted molar refractivity (Wildman–Crippen MR) is 120 cm³/mol.